The molecule has 2 aromatic carbocycles. The van der Waals surface area contributed by atoms with E-state index in [9.17, 15) is 4.39 Å². The van der Waals surface area contributed by atoms with Gasteiger partial charge in [-0.15, -0.1) is 11.8 Å². The lowest BCUT2D eigenvalue weighted by molar-refractivity contribution is 0.617. The van der Waals surface area contributed by atoms with Gasteiger partial charge in [0.15, 0.2) is 0 Å². The number of rotatable bonds is 3. The number of halogens is 1. The van der Waals surface area contributed by atoms with Crippen LogP contribution in [0.4, 0.5) is 10.1 Å². The van der Waals surface area contributed by atoms with Gasteiger partial charge in [0.25, 0.3) is 0 Å². The quantitative estimate of drug-likeness (QED) is 0.681. The Balaban J connectivity index is 2.19. The lowest BCUT2D eigenvalue weighted by atomic mass is 10.1. The highest BCUT2D eigenvalue weighted by Crippen LogP contribution is 2.29. The number of benzene rings is 2. The number of nitrogens with two attached hydrogens (primary N) is 1. The van der Waals surface area contributed by atoms with Gasteiger partial charge in [-0.25, -0.2) is 4.39 Å². The molecule has 0 amide bonds. The Labute approximate surface area is 116 Å². The fourth-order valence-corrected chi connectivity index (χ4v) is 2.71. The van der Waals surface area contributed by atoms with Gasteiger partial charge in [0.1, 0.15) is 5.82 Å². The molecule has 0 heterocycles. The molecule has 4 heteroatoms. The first kappa shape index (κ1) is 13.4. The van der Waals surface area contributed by atoms with Gasteiger partial charge in [0, 0.05) is 16.3 Å². The molecule has 0 aromatic heterocycles. The third kappa shape index (κ3) is 3.27. The van der Waals surface area contributed by atoms with Gasteiger partial charge < -0.3 is 5.73 Å². The summed E-state index contributed by atoms with van der Waals surface area (Å²) in [5.41, 5.74) is 8.67. The number of hydrogen-bond acceptors (Lipinski definition) is 3. The number of hydrogen-bond donors (Lipinski definition) is 1. The number of aryl methyl sites for hydroxylation is 1. The summed E-state index contributed by atoms with van der Waals surface area (Å²) in [6, 6.07) is 12.2. The van der Waals surface area contributed by atoms with Gasteiger partial charge in [-0.05, 0) is 48.4 Å². The molecule has 2 nitrogen and oxygen atoms in total. The number of anilines is 1. The highest BCUT2D eigenvalue weighted by atomic mass is 32.2. The number of thioether (sulfide) groups is 1. The second-order valence-electron chi connectivity index (χ2n) is 4.25. The molecule has 0 aliphatic rings. The van der Waals surface area contributed by atoms with Crippen molar-refractivity contribution in [2.24, 2.45) is 0 Å². The van der Waals surface area contributed by atoms with Gasteiger partial charge in [-0.2, -0.15) is 5.26 Å². The first-order valence-corrected chi connectivity index (χ1v) is 6.76. The molecule has 2 aromatic rings. The molecule has 0 aliphatic carbocycles. The Bertz CT molecular complexity index is 647. The molecule has 0 bridgehead atoms. The summed E-state index contributed by atoms with van der Waals surface area (Å²) in [6.07, 6.45) is 0. The van der Waals surface area contributed by atoms with Crippen molar-refractivity contribution in [3.63, 3.8) is 0 Å². The SMILES string of the molecule is Cc1ccc(N)c(SCc2cc(C#N)ccc2F)c1. The van der Waals surface area contributed by atoms with E-state index in [0.717, 1.165) is 10.5 Å². The maximum atomic E-state index is 13.6. The third-order valence-corrected chi connectivity index (χ3v) is 3.85. The maximum Gasteiger partial charge on any atom is 0.127 e. The van der Waals surface area contributed by atoms with Crippen LogP contribution in [0.5, 0.6) is 0 Å². The van der Waals surface area contributed by atoms with E-state index in [-0.39, 0.29) is 5.82 Å². The van der Waals surface area contributed by atoms with Crippen LogP contribution in [0.15, 0.2) is 41.3 Å². The third-order valence-electron chi connectivity index (χ3n) is 2.73. The van der Waals surface area contributed by atoms with Crippen molar-refractivity contribution in [3.8, 4) is 6.07 Å². The van der Waals surface area contributed by atoms with Crippen LogP contribution in [0.1, 0.15) is 16.7 Å². The average Bonchev–Trinajstić information content (AvgIpc) is 2.41. The molecule has 0 saturated heterocycles. The van der Waals surface area contributed by atoms with Crippen molar-refractivity contribution in [3.05, 3.63) is 58.9 Å². The molecule has 0 spiro atoms. The van der Waals surface area contributed by atoms with Gasteiger partial charge in [0.2, 0.25) is 0 Å². The lowest BCUT2D eigenvalue weighted by Crippen LogP contribution is -1.92. The second-order valence-corrected chi connectivity index (χ2v) is 5.27. The minimum atomic E-state index is -0.294. The van der Waals surface area contributed by atoms with Crippen molar-refractivity contribution in [1.29, 1.82) is 5.26 Å². The van der Waals surface area contributed by atoms with Crippen molar-refractivity contribution in [2.75, 3.05) is 5.73 Å². The number of nitrogens with zero attached hydrogens (tertiary/aromatic N) is 1. The van der Waals surface area contributed by atoms with E-state index in [1.165, 1.54) is 23.9 Å². The van der Waals surface area contributed by atoms with E-state index in [1.807, 2.05) is 31.2 Å². The monoisotopic (exact) mass is 272 g/mol. The zero-order valence-electron chi connectivity index (χ0n) is 10.5. The van der Waals surface area contributed by atoms with Gasteiger partial charge in [-0.1, -0.05) is 6.07 Å². The molecule has 19 heavy (non-hydrogen) atoms. The molecular weight excluding hydrogens is 259 g/mol. The van der Waals surface area contributed by atoms with Crippen LogP contribution in [-0.4, -0.2) is 0 Å². The van der Waals surface area contributed by atoms with Crippen LogP contribution in [-0.2, 0) is 5.75 Å². The van der Waals surface area contributed by atoms with Crippen LogP contribution in [0.3, 0.4) is 0 Å². The molecule has 0 unspecified atom stereocenters. The van der Waals surface area contributed by atoms with E-state index in [1.54, 1.807) is 6.07 Å². The van der Waals surface area contributed by atoms with E-state index >= 15 is 0 Å². The molecule has 2 rings (SSSR count). The van der Waals surface area contributed by atoms with E-state index in [4.69, 9.17) is 11.0 Å². The predicted molar refractivity (Wildman–Crippen MR) is 76.3 cm³/mol. The van der Waals surface area contributed by atoms with E-state index in [0.29, 0.717) is 22.6 Å². The van der Waals surface area contributed by atoms with Crippen molar-refractivity contribution in [1.82, 2.24) is 0 Å². The number of nitriles is 1. The molecule has 0 atom stereocenters. The summed E-state index contributed by atoms with van der Waals surface area (Å²) in [4.78, 5) is 0.932. The summed E-state index contributed by atoms with van der Waals surface area (Å²) in [6.45, 7) is 1.99. The standard InChI is InChI=1S/C15H13FN2S/c1-10-2-5-14(18)15(6-10)19-9-12-7-11(8-17)3-4-13(12)16/h2-7H,9,18H2,1H3. The van der Waals surface area contributed by atoms with Gasteiger partial charge >= 0.3 is 0 Å². The first-order valence-electron chi connectivity index (χ1n) is 5.77. The van der Waals surface area contributed by atoms with Crippen molar-refractivity contribution < 1.29 is 4.39 Å². The Morgan fingerprint density at radius 3 is 2.79 bits per heavy atom. The van der Waals surface area contributed by atoms with Crippen LogP contribution in [0, 0.1) is 24.1 Å². The molecule has 2 N–H and O–H groups in total. The zero-order chi connectivity index (χ0) is 13.8. The summed E-state index contributed by atoms with van der Waals surface area (Å²) < 4.78 is 13.6. The summed E-state index contributed by atoms with van der Waals surface area (Å²) in [5, 5.41) is 8.82. The Morgan fingerprint density at radius 1 is 1.26 bits per heavy atom. The summed E-state index contributed by atoms with van der Waals surface area (Å²) >= 11 is 1.47. The number of nitrogen functional groups attached to an aromatic ring is 1. The first-order chi connectivity index (χ1) is 9.10. The summed E-state index contributed by atoms with van der Waals surface area (Å²) in [7, 11) is 0. The molecule has 0 radical (unpaired) electrons. The van der Waals surface area contributed by atoms with Crippen LogP contribution in [0.2, 0.25) is 0 Å². The molecule has 0 aliphatic heterocycles. The minimum Gasteiger partial charge on any atom is -0.398 e. The van der Waals surface area contributed by atoms with Gasteiger partial charge in [0.05, 0.1) is 11.6 Å². The van der Waals surface area contributed by atoms with E-state index < -0.39 is 0 Å². The molecule has 0 fully saturated rings. The smallest absolute Gasteiger partial charge is 0.127 e. The molecule has 96 valence electrons. The second kappa shape index (κ2) is 5.77. The zero-order valence-corrected chi connectivity index (χ0v) is 11.3. The Kier molecular flexibility index (Phi) is 4.08. The highest BCUT2D eigenvalue weighted by Gasteiger charge is 2.06. The molecular formula is C15H13FN2S. The van der Waals surface area contributed by atoms with E-state index in [2.05, 4.69) is 0 Å². The largest absolute Gasteiger partial charge is 0.398 e. The maximum absolute atomic E-state index is 13.6. The van der Waals surface area contributed by atoms with Crippen LogP contribution in [0.25, 0.3) is 0 Å². The van der Waals surface area contributed by atoms with Crippen molar-refractivity contribution >= 4 is 17.4 Å². The molecule has 0 saturated carbocycles. The van der Waals surface area contributed by atoms with Crippen LogP contribution >= 0.6 is 11.8 Å². The average molecular weight is 272 g/mol. The summed E-state index contributed by atoms with van der Waals surface area (Å²) in [5.74, 6) is 0.160. The topological polar surface area (TPSA) is 49.8 Å². The predicted octanol–water partition coefficient (Wildman–Crippen LogP) is 3.88. The lowest BCUT2D eigenvalue weighted by Gasteiger charge is -2.07. The fraction of sp³-hybridized carbons (Fsp3) is 0.133. The highest BCUT2D eigenvalue weighted by molar-refractivity contribution is 7.98. The minimum absolute atomic E-state index is 0.294. The van der Waals surface area contributed by atoms with Gasteiger partial charge in [-0.3, -0.25) is 0 Å². The normalized spacial score (nSPS) is 10.2. The Morgan fingerprint density at radius 2 is 2.05 bits per heavy atom. The Hall–Kier alpha value is -1.99. The fourth-order valence-electron chi connectivity index (χ4n) is 1.68. The van der Waals surface area contributed by atoms with Crippen molar-refractivity contribution in [2.45, 2.75) is 17.6 Å². The van der Waals surface area contributed by atoms with Crippen LogP contribution < -0.4 is 5.73 Å².